The van der Waals surface area contributed by atoms with Gasteiger partial charge in [-0.15, -0.1) is 0 Å². The Hall–Kier alpha value is -2.81. The monoisotopic (exact) mass is 521 g/mol. The van der Waals surface area contributed by atoms with Crippen LogP contribution in [0.4, 0.5) is 4.39 Å². The zero-order chi connectivity index (χ0) is 27.0. The average Bonchev–Trinajstić information content (AvgIpc) is 3.48. The van der Waals surface area contributed by atoms with E-state index in [-0.39, 0.29) is 11.9 Å². The van der Waals surface area contributed by atoms with Gasteiger partial charge in [0.05, 0.1) is 28.6 Å². The lowest BCUT2D eigenvalue weighted by Gasteiger charge is -2.36. The normalized spacial score (nSPS) is 19.9. The van der Waals surface area contributed by atoms with Crippen LogP contribution in [0.5, 0.6) is 0 Å². The van der Waals surface area contributed by atoms with Crippen molar-refractivity contribution >= 4 is 16.8 Å². The van der Waals surface area contributed by atoms with Crippen LogP contribution in [-0.4, -0.2) is 81.8 Å². The SMILES string of the molecule is Cc1cncc2c1c(C[C@@H]1CCN(CC3(O)CCNCC3)C1)cn2-c1ccc(F)cc1C(=O)N(C)C(C)C. The van der Waals surface area contributed by atoms with Crippen LogP contribution in [-0.2, 0) is 6.42 Å². The Morgan fingerprint density at radius 1 is 1.29 bits per heavy atom. The Balaban J connectivity index is 1.45. The number of nitrogens with zero attached hydrogens (tertiary/aromatic N) is 4. The third kappa shape index (κ3) is 5.35. The molecule has 4 heterocycles. The number of hydrogen-bond acceptors (Lipinski definition) is 5. The van der Waals surface area contributed by atoms with Gasteiger partial charge < -0.3 is 24.8 Å². The summed E-state index contributed by atoms with van der Waals surface area (Å²) in [5, 5.41) is 15.5. The number of hydrogen-bond donors (Lipinski definition) is 2. The first-order valence-electron chi connectivity index (χ1n) is 13.8. The topological polar surface area (TPSA) is 73.6 Å². The zero-order valence-electron chi connectivity index (χ0n) is 23.0. The predicted molar refractivity (Wildman–Crippen MR) is 148 cm³/mol. The van der Waals surface area contributed by atoms with Crippen molar-refractivity contribution in [1.29, 1.82) is 0 Å². The maximum Gasteiger partial charge on any atom is 0.256 e. The lowest BCUT2D eigenvalue weighted by atomic mass is 9.92. The van der Waals surface area contributed by atoms with Crippen LogP contribution in [0.2, 0.25) is 0 Å². The van der Waals surface area contributed by atoms with E-state index >= 15 is 0 Å². The molecular weight excluding hydrogens is 481 g/mol. The molecule has 0 spiro atoms. The number of fused-ring (bicyclic) bond motifs is 1. The third-order valence-corrected chi connectivity index (χ3v) is 8.46. The van der Waals surface area contributed by atoms with Gasteiger partial charge in [-0.05, 0) is 101 Å². The van der Waals surface area contributed by atoms with Crippen molar-refractivity contribution in [2.75, 3.05) is 39.8 Å². The number of rotatable bonds is 7. The first kappa shape index (κ1) is 26.8. The number of piperidine rings is 1. The van der Waals surface area contributed by atoms with Gasteiger partial charge in [0.1, 0.15) is 5.82 Å². The minimum absolute atomic E-state index is 0.00672. The summed E-state index contributed by atoms with van der Waals surface area (Å²) in [6.45, 7) is 10.4. The number of pyridine rings is 1. The molecule has 5 rings (SSSR count). The largest absolute Gasteiger partial charge is 0.388 e. The predicted octanol–water partition coefficient (Wildman–Crippen LogP) is 3.93. The molecule has 0 aliphatic carbocycles. The minimum Gasteiger partial charge on any atom is -0.388 e. The molecule has 1 atom stereocenters. The van der Waals surface area contributed by atoms with Crippen molar-refractivity contribution in [2.45, 2.75) is 58.1 Å². The van der Waals surface area contributed by atoms with E-state index in [1.54, 1.807) is 18.0 Å². The minimum atomic E-state index is -0.590. The number of nitrogens with one attached hydrogen (secondary N) is 1. The summed E-state index contributed by atoms with van der Waals surface area (Å²) in [4.78, 5) is 21.9. The molecule has 38 heavy (non-hydrogen) atoms. The van der Waals surface area contributed by atoms with Crippen molar-refractivity contribution < 1.29 is 14.3 Å². The first-order chi connectivity index (χ1) is 18.1. The first-order valence-corrected chi connectivity index (χ1v) is 13.8. The second-order valence-electron chi connectivity index (χ2n) is 11.6. The summed E-state index contributed by atoms with van der Waals surface area (Å²) >= 11 is 0. The van der Waals surface area contributed by atoms with Gasteiger partial charge in [0.2, 0.25) is 0 Å². The van der Waals surface area contributed by atoms with E-state index in [1.165, 1.54) is 17.7 Å². The lowest BCUT2D eigenvalue weighted by molar-refractivity contribution is -0.0165. The highest BCUT2D eigenvalue weighted by molar-refractivity contribution is 5.99. The number of aromatic nitrogens is 2. The molecule has 3 aromatic rings. The molecule has 2 aromatic heterocycles. The number of benzene rings is 1. The fourth-order valence-corrected chi connectivity index (χ4v) is 6.11. The third-order valence-electron chi connectivity index (χ3n) is 8.46. The molecule has 204 valence electrons. The second kappa shape index (κ2) is 10.8. The van der Waals surface area contributed by atoms with Gasteiger partial charge >= 0.3 is 0 Å². The molecule has 2 fully saturated rings. The van der Waals surface area contributed by atoms with E-state index in [4.69, 9.17) is 0 Å². The number of aliphatic hydroxyl groups is 1. The van der Waals surface area contributed by atoms with Gasteiger partial charge in [-0.3, -0.25) is 9.78 Å². The molecule has 1 amide bonds. The molecule has 2 saturated heterocycles. The number of likely N-dealkylation sites (tertiary alicyclic amines) is 1. The Kier molecular flexibility index (Phi) is 7.58. The Bertz CT molecular complexity index is 1310. The van der Waals surface area contributed by atoms with Crippen LogP contribution in [0.1, 0.15) is 54.6 Å². The van der Waals surface area contributed by atoms with Crippen molar-refractivity contribution in [3.05, 3.63) is 59.3 Å². The summed E-state index contributed by atoms with van der Waals surface area (Å²) in [7, 11) is 1.75. The molecule has 0 unspecified atom stereocenters. The van der Waals surface area contributed by atoms with Crippen LogP contribution in [0.15, 0.2) is 36.8 Å². The summed E-state index contributed by atoms with van der Waals surface area (Å²) < 4.78 is 16.4. The summed E-state index contributed by atoms with van der Waals surface area (Å²) in [6.07, 6.45) is 9.43. The highest BCUT2D eigenvalue weighted by Gasteiger charge is 2.34. The smallest absolute Gasteiger partial charge is 0.256 e. The zero-order valence-corrected chi connectivity index (χ0v) is 23.0. The van der Waals surface area contributed by atoms with E-state index in [9.17, 15) is 14.3 Å². The van der Waals surface area contributed by atoms with Crippen molar-refractivity contribution in [3.63, 3.8) is 0 Å². The Labute approximate surface area is 224 Å². The molecule has 2 aliphatic rings. The van der Waals surface area contributed by atoms with E-state index in [0.717, 1.165) is 74.9 Å². The van der Waals surface area contributed by atoms with Gasteiger partial charge in [-0.25, -0.2) is 4.39 Å². The lowest BCUT2D eigenvalue weighted by Crippen LogP contribution is -2.49. The van der Waals surface area contributed by atoms with E-state index in [0.29, 0.717) is 17.2 Å². The number of carbonyl (C=O) groups is 1. The van der Waals surface area contributed by atoms with E-state index < -0.39 is 11.4 Å². The molecule has 0 saturated carbocycles. The van der Waals surface area contributed by atoms with Crippen LogP contribution in [0, 0.1) is 18.7 Å². The Morgan fingerprint density at radius 3 is 2.79 bits per heavy atom. The van der Waals surface area contributed by atoms with Gasteiger partial charge in [-0.2, -0.15) is 0 Å². The fraction of sp³-hybridized carbons (Fsp3) is 0.533. The highest BCUT2D eigenvalue weighted by atomic mass is 19.1. The van der Waals surface area contributed by atoms with Crippen LogP contribution < -0.4 is 5.32 Å². The number of β-amino-alcohol motifs (C(OH)–C–C–N with tert-alkyl or cyclic N) is 1. The number of amides is 1. The average molecular weight is 522 g/mol. The van der Waals surface area contributed by atoms with E-state index in [2.05, 4.69) is 28.3 Å². The summed E-state index contributed by atoms with van der Waals surface area (Å²) in [5.74, 6) is -0.157. The highest BCUT2D eigenvalue weighted by Crippen LogP contribution is 2.33. The molecule has 0 bridgehead atoms. The Morgan fingerprint density at radius 2 is 2.05 bits per heavy atom. The molecule has 1 aromatic carbocycles. The number of carbonyl (C=O) groups excluding carboxylic acids is 1. The van der Waals surface area contributed by atoms with Gasteiger partial charge in [0.15, 0.2) is 0 Å². The summed E-state index contributed by atoms with van der Waals surface area (Å²) in [6, 6.07) is 4.44. The maximum atomic E-state index is 14.4. The second-order valence-corrected chi connectivity index (χ2v) is 11.6. The van der Waals surface area contributed by atoms with E-state index in [1.807, 2.05) is 30.8 Å². The van der Waals surface area contributed by atoms with Crippen molar-refractivity contribution in [1.82, 2.24) is 24.7 Å². The molecular formula is C30H40FN5O2. The molecule has 2 aliphatic heterocycles. The van der Waals surface area contributed by atoms with Gasteiger partial charge in [0, 0.05) is 44.0 Å². The van der Waals surface area contributed by atoms with Crippen molar-refractivity contribution in [2.24, 2.45) is 5.92 Å². The molecule has 7 nitrogen and oxygen atoms in total. The fourth-order valence-electron chi connectivity index (χ4n) is 6.11. The van der Waals surface area contributed by atoms with Gasteiger partial charge in [0.25, 0.3) is 5.91 Å². The van der Waals surface area contributed by atoms with Crippen LogP contribution in [0.25, 0.3) is 16.6 Å². The standard InChI is InChI=1S/C30H40FN5O2/c1-20(2)34(4)29(37)25-14-24(31)5-6-26(25)36-18-23(28-21(3)15-33-16-27(28)36)13-22-7-12-35(17-22)19-30(38)8-10-32-11-9-30/h5-6,14-16,18,20,22,32,38H,7-13,17,19H2,1-4H3/t22-/m0/s1. The van der Waals surface area contributed by atoms with Crippen LogP contribution in [0.3, 0.4) is 0 Å². The molecule has 8 heteroatoms. The number of aryl methyl sites for hydroxylation is 1. The summed E-state index contributed by atoms with van der Waals surface area (Å²) in [5.41, 5.74) is 3.64. The number of halogens is 1. The van der Waals surface area contributed by atoms with Crippen molar-refractivity contribution in [3.8, 4) is 5.69 Å². The quantitative estimate of drug-likeness (QED) is 0.493. The molecule has 0 radical (unpaired) electrons. The molecule has 2 N–H and O–H groups in total. The van der Waals surface area contributed by atoms with Gasteiger partial charge in [-0.1, -0.05) is 0 Å². The van der Waals surface area contributed by atoms with Crippen LogP contribution >= 0.6 is 0 Å². The maximum absolute atomic E-state index is 14.4.